The lowest BCUT2D eigenvalue weighted by Gasteiger charge is -2.26. The lowest BCUT2D eigenvalue weighted by atomic mass is 10.3. The average molecular weight is 422 g/mol. The monoisotopic (exact) mass is 421 g/mol. The molecule has 1 aromatic carbocycles. The van der Waals surface area contributed by atoms with Crippen LogP contribution in [0.25, 0.3) is 11.0 Å². The Kier molecular flexibility index (Phi) is 5.46. The van der Waals surface area contributed by atoms with Crippen LogP contribution in [0.15, 0.2) is 40.6 Å². The summed E-state index contributed by atoms with van der Waals surface area (Å²) >= 11 is 1.61. The van der Waals surface area contributed by atoms with Crippen LogP contribution in [0.3, 0.4) is 0 Å². The van der Waals surface area contributed by atoms with Gasteiger partial charge in [0.05, 0.1) is 34.9 Å². The van der Waals surface area contributed by atoms with Crippen LogP contribution in [0.4, 0.5) is 0 Å². The van der Waals surface area contributed by atoms with E-state index in [4.69, 9.17) is 9.72 Å². The number of benzene rings is 1. The molecule has 1 saturated heterocycles. The molecule has 1 aliphatic rings. The fraction of sp³-hybridized carbons (Fsp3) is 0.444. The Morgan fingerprint density at radius 2 is 2.04 bits per heavy atom. The molecular weight excluding hydrogens is 398 g/mol. The van der Waals surface area contributed by atoms with Crippen molar-refractivity contribution >= 4 is 32.8 Å². The van der Waals surface area contributed by atoms with Crippen molar-refractivity contribution in [2.24, 2.45) is 7.05 Å². The van der Waals surface area contributed by atoms with Crippen molar-refractivity contribution in [3.8, 4) is 0 Å². The van der Waals surface area contributed by atoms with Gasteiger partial charge in [0.1, 0.15) is 5.82 Å². The maximum Gasteiger partial charge on any atom is 0.243 e. The van der Waals surface area contributed by atoms with Gasteiger partial charge in [-0.25, -0.2) is 18.4 Å². The summed E-state index contributed by atoms with van der Waals surface area (Å²) in [6.45, 7) is 4.46. The lowest BCUT2D eigenvalue weighted by Crippen LogP contribution is -2.40. The van der Waals surface area contributed by atoms with Crippen molar-refractivity contribution in [3.63, 3.8) is 0 Å². The summed E-state index contributed by atoms with van der Waals surface area (Å²) in [7, 11) is -1.57. The molecule has 3 aromatic rings. The predicted molar refractivity (Wildman–Crippen MR) is 108 cm³/mol. The highest BCUT2D eigenvalue weighted by Crippen LogP contribution is 2.26. The number of rotatable bonds is 6. The van der Waals surface area contributed by atoms with Crippen LogP contribution in [0.1, 0.15) is 12.7 Å². The maximum absolute atomic E-state index is 12.9. The summed E-state index contributed by atoms with van der Waals surface area (Å²) in [5.41, 5.74) is 1.64. The van der Waals surface area contributed by atoms with E-state index in [0.717, 1.165) is 23.0 Å². The predicted octanol–water partition coefficient (Wildman–Crippen LogP) is 2.10. The van der Waals surface area contributed by atoms with E-state index in [1.807, 2.05) is 23.9 Å². The largest absolute Gasteiger partial charge is 0.379 e. The van der Waals surface area contributed by atoms with Gasteiger partial charge in [-0.2, -0.15) is 4.31 Å². The van der Waals surface area contributed by atoms with Crippen LogP contribution in [-0.4, -0.2) is 58.1 Å². The Morgan fingerprint density at radius 1 is 1.25 bits per heavy atom. The van der Waals surface area contributed by atoms with Crippen molar-refractivity contribution in [2.45, 2.75) is 29.3 Å². The van der Waals surface area contributed by atoms with Crippen molar-refractivity contribution in [3.05, 3.63) is 36.4 Å². The molecule has 0 N–H and O–H groups in total. The van der Waals surface area contributed by atoms with E-state index in [-0.39, 0.29) is 4.90 Å². The minimum absolute atomic E-state index is 0.283. The number of ether oxygens (including phenoxy) is 1. The van der Waals surface area contributed by atoms with Gasteiger partial charge in [0, 0.05) is 39.1 Å². The Bertz CT molecular complexity index is 1080. The molecule has 2 aromatic heterocycles. The second kappa shape index (κ2) is 7.86. The van der Waals surface area contributed by atoms with Crippen LogP contribution in [0, 0.1) is 0 Å². The Hall–Kier alpha value is -1.88. The molecule has 3 heterocycles. The third-order valence-electron chi connectivity index (χ3n) is 4.83. The van der Waals surface area contributed by atoms with Crippen LogP contribution in [0.2, 0.25) is 0 Å². The van der Waals surface area contributed by atoms with Gasteiger partial charge < -0.3 is 13.9 Å². The van der Waals surface area contributed by atoms with Crippen LogP contribution in [-0.2, 0) is 34.1 Å². The molecule has 0 radical (unpaired) electrons. The highest BCUT2D eigenvalue weighted by atomic mass is 32.2. The van der Waals surface area contributed by atoms with E-state index in [1.54, 1.807) is 30.1 Å². The number of fused-ring (bicyclic) bond motifs is 1. The molecule has 0 unspecified atom stereocenters. The van der Waals surface area contributed by atoms with Gasteiger partial charge in [-0.15, -0.1) is 0 Å². The zero-order chi connectivity index (χ0) is 19.7. The first kappa shape index (κ1) is 19.4. The number of hydrogen-bond donors (Lipinski definition) is 0. The molecule has 10 heteroatoms. The first-order valence-corrected chi connectivity index (χ1v) is 11.6. The third kappa shape index (κ3) is 3.57. The quantitative estimate of drug-likeness (QED) is 0.567. The highest BCUT2D eigenvalue weighted by Gasteiger charge is 2.27. The highest BCUT2D eigenvalue weighted by molar-refractivity contribution is 7.98. The smallest absolute Gasteiger partial charge is 0.243 e. The zero-order valence-corrected chi connectivity index (χ0v) is 17.5. The number of nitrogens with zero attached hydrogens (tertiary/aromatic N) is 5. The summed E-state index contributed by atoms with van der Waals surface area (Å²) in [4.78, 5) is 9.34. The molecule has 0 aliphatic carbocycles. The number of hydrogen-bond acceptors (Lipinski definition) is 6. The Morgan fingerprint density at radius 3 is 2.71 bits per heavy atom. The summed E-state index contributed by atoms with van der Waals surface area (Å²) in [5, 5.41) is 0.922. The van der Waals surface area contributed by atoms with Crippen LogP contribution >= 0.6 is 11.8 Å². The minimum Gasteiger partial charge on any atom is -0.379 e. The summed E-state index contributed by atoms with van der Waals surface area (Å²) < 4.78 is 36.7. The SMILES string of the molecule is CCn1c(CSc2nccn2C)nc2cc(S(=O)(=O)N3CCOCC3)ccc21. The van der Waals surface area contributed by atoms with Gasteiger partial charge in [-0.05, 0) is 25.1 Å². The van der Waals surface area contributed by atoms with Crippen molar-refractivity contribution < 1.29 is 13.2 Å². The Labute approximate surface area is 168 Å². The molecule has 0 amide bonds. The number of morpholine rings is 1. The van der Waals surface area contributed by atoms with Crippen molar-refractivity contribution in [1.29, 1.82) is 0 Å². The molecule has 0 bridgehead atoms. The van der Waals surface area contributed by atoms with Gasteiger partial charge >= 0.3 is 0 Å². The summed E-state index contributed by atoms with van der Waals surface area (Å²) in [5.74, 6) is 1.57. The molecule has 4 rings (SSSR count). The fourth-order valence-corrected chi connectivity index (χ4v) is 5.65. The molecule has 0 saturated carbocycles. The number of thioether (sulfide) groups is 1. The topological polar surface area (TPSA) is 82.2 Å². The number of sulfonamides is 1. The first-order valence-electron chi connectivity index (χ1n) is 9.18. The van der Waals surface area contributed by atoms with Gasteiger partial charge in [-0.3, -0.25) is 0 Å². The first-order chi connectivity index (χ1) is 13.5. The number of aromatic nitrogens is 4. The van der Waals surface area contributed by atoms with Gasteiger partial charge in [0.2, 0.25) is 10.0 Å². The van der Waals surface area contributed by atoms with Gasteiger partial charge in [0.15, 0.2) is 5.16 Å². The molecule has 8 nitrogen and oxygen atoms in total. The molecular formula is C18H23N5O3S2. The molecule has 0 spiro atoms. The van der Waals surface area contributed by atoms with Gasteiger partial charge in [0.25, 0.3) is 0 Å². The van der Waals surface area contributed by atoms with Crippen LogP contribution in [0.5, 0.6) is 0 Å². The van der Waals surface area contributed by atoms with E-state index < -0.39 is 10.0 Å². The van der Waals surface area contributed by atoms with Crippen molar-refractivity contribution in [2.75, 3.05) is 26.3 Å². The van der Waals surface area contributed by atoms with E-state index in [9.17, 15) is 8.42 Å². The molecule has 28 heavy (non-hydrogen) atoms. The third-order valence-corrected chi connectivity index (χ3v) is 7.78. The van der Waals surface area contributed by atoms with E-state index >= 15 is 0 Å². The van der Waals surface area contributed by atoms with Gasteiger partial charge in [-0.1, -0.05) is 11.8 Å². The second-order valence-corrected chi connectivity index (χ2v) is 9.43. The Balaban J connectivity index is 1.65. The van der Waals surface area contributed by atoms with E-state index in [0.29, 0.717) is 37.6 Å². The lowest BCUT2D eigenvalue weighted by molar-refractivity contribution is 0.0730. The zero-order valence-electron chi connectivity index (χ0n) is 15.9. The molecule has 0 atom stereocenters. The molecule has 1 fully saturated rings. The normalized spacial score (nSPS) is 16.1. The van der Waals surface area contributed by atoms with Crippen molar-refractivity contribution in [1.82, 2.24) is 23.4 Å². The molecule has 150 valence electrons. The van der Waals surface area contributed by atoms with Crippen LogP contribution < -0.4 is 0 Å². The number of aryl methyl sites for hydroxylation is 2. The summed E-state index contributed by atoms with van der Waals surface area (Å²) in [6, 6.07) is 5.21. The van der Waals surface area contributed by atoms with E-state index in [2.05, 4.69) is 16.5 Å². The standard InChI is InChI=1S/C18H23N5O3S2/c1-3-23-16-5-4-14(28(24,25)22-8-10-26-11-9-22)12-15(16)20-17(23)13-27-18-19-6-7-21(18)2/h4-7,12H,3,8-11,13H2,1-2H3. The fourth-order valence-electron chi connectivity index (χ4n) is 3.34. The average Bonchev–Trinajstić information content (AvgIpc) is 3.28. The minimum atomic E-state index is -3.53. The molecule has 1 aliphatic heterocycles. The maximum atomic E-state index is 12.9. The summed E-state index contributed by atoms with van der Waals surface area (Å²) in [6.07, 6.45) is 3.68. The van der Waals surface area contributed by atoms with E-state index in [1.165, 1.54) is 4.31 Å². The second-order valence-electron chi connectivity index (χ2n) is 6.55. The number of imidazole rings is 2.